The lowest BCUT2D eigenvalue weighted by molar-refractivity contribution is -0.114. The van der Waals surface area contributed by atoms with Crippen LogP contribution in [0.1, 0.15) is 36.2 Å². The number of ether oxygens (including phenoxy) is 5. The summed E-state index contributed by atoms with van der Waals surface area (Å²) in [5.74, 6) is 0.414. The minimum atomic E-state index is -1.05. The zero-order valence-electron chi connectivity index (χ0n) is 23.5. The quantitative estimate of drug-likeness (QED) is 0.322. The SMILES string of the molecule is CC[C@@](COC(=O)c1cc(OC)c(OC)c(OC)c1)(c1ccccc1)N(C)C(=O)Oc1ccc(NC(C)=O)cc1. The molecule has 0 aromatic heterocycles. The highest BCUT2D eigenvalue weighted by Crippen LogP contribution is 2.39. The topological polar surface area (TPSA) is 113 Å². The van der Waals surface area contributed by atoms with Crippen LogP contribution in [0.3, 0.4) is 0 Å². The number of anilines is 1. The molecule has 10 nitrogen and oxygen atoms in total. The summed E-state index contributed by atoms with van der Waals surface area (Å²) in [5.41, 5.74) is 0.476. The Morgan fingerprint density at radius 3 is 1.98 bits per heavy atom. The van der Waals surface area contributed by atoms with Gasteiger partial charge >= 0.3 is 12.1 Å². The van der Waals surface area contributed by atoms with Crippen LogP contribution < -0.4 is 24.3 Å². The van der Waals surface area contributed by atoms with Crippen LogP contribution in [0.5, 0.6) is 23.0 Å². The Labute approximate surface area is 233 Å². The zero-order chi connectivity index (χ0) is 29.3. The molecule has 0 aliphatic heterocycles. The van der Waals surface area contributed by atoms with E-state index < -0.39 is 17.6 Å². The fourth-order valence-electron chi connectivity index (χ4n) is 4.29. The molecular weight excluding hydrogens is 516 g/mol. The summed E-state index contributed by atoms with van der Waals surface area (Å²) >= 11 is 0. The Kier molecular flexibility index (Phi) is 9.97. The van der Waals surface area contributed by atoms with Gasteiger partial charge in [-0.2, -0.15) is 0 Å². The van der Waals surface area contributed by atoms with Gasteiger partial charge in [-0.05, 0) is 48.4 Å². The number of methoxy groups -OCH3 is 3. The Hall–Kier alpha value is -4.73. The van der Waals surface area contributed by atoms with Crippen molar-refractivity contribution in [2.45, 2.75) is 25.8 Å². The smallest absolute Gasteiger partial charge is 0.415 e. The lowest BCUT2D eigenvalue weighted by Gasteiger charge is -2.40. The maximum atomic E-state index is 13.4. The number of hydrogen-bond acceptors (Lipinski definition) is 8. The molecule has 0 saturated heterocycles. The summed E-state index contributed by atoms with van der Waals surface area (Å²) in [6.45, 7) is 3.15. The molecule has 0 aliphatic carbocycles. The highest BCUT2D eigenvalue weighted by atomic mass is 16.6. The average Bonchev–Trinajstić information content (AvgIpc) is 2.97. The number of hydrogen-bond donors (Lipinski definition) is 1. The molecule has 0 spiro atoms. The number of benzene rings is 3. The molecule has 0 fully saturated rings. The van der Waals surface area contributed by atoms with Gasteiger partial charge in [0.2, 0.25) is 11.7 Å². The van der Waals surface area contributed by atoms with E-state index >= 15 is 0 Å². The zero-order valence-corrected chi connectivity index (χ0v) is 23.5. The molecule has 3 aromatic rings. The van der Waals surface area contributed by atoms with E-state index in [1.165, 1.54) is 45.3 Å². The molecule has 0 unspecified atom stereocenters. The second kappa shape index (κ2) is 13.4. The van der Waals surface area contributed by atoms with E-state index in [0.717, 1.165) is 5.56 Å². The summed E-state index contributed by atoms with van der Waals surface area (Å²) in [7, 11) is 5.98. The molecule has 10 heteroatoms. The van der Waals surface area contributed by atoms with E-state index in [1.807, 2.05) is 37.3 Å². The number of nitrogens with one attached hydrogen (secondary N) is 1. The van der Waals surface area contributed by atoms with Crippen molar-refractivity contribution in [3.05, 3.63) is 77.9 Å². The molecule has 0 saturated carbocycles. The third-order valence-corrected chi connectivity index (χ3v) is 6.53. The molecule has 1 atom stereocenters. The monoisotopic (exact) mass is 550 g/mol. The van der Waals surface area contributed by atoms with Gasteiger partial charge in [0.05, 0.1) is 26.9 Å². The average molecular weight is 551 g/mol. The first-order valence-corrected chi connectivity index (χ1v) is 12.5. The summed E-state index contributed by atoms with van der Waals surface area (Å²) < 4.78 is 27.5. The van der Waals surface area contributed by atoms with Crippen LogP contribution in [0.2, 0.25) is 0 Å². The van der Waals surface area contributed by atoms with Crippen molar-refractivity contribution in [3.8, 4) is 23.0 Å². The molecule has 1 N–H and O–H groups in total. The number of esters is 1. The van der Waals surface area contributed by atoms with Gasteiger partial charge in [-0.15, -0.1) is 0 Å². The van der Waals surface area contributed by atoms with Crippen molar-refractivity contribution in [1.29, 1.82) is 0 Å². The van der Waals surface area contributed by atoms with Gasteiger partial charge in [-0.1, -0.05) is 37.3 Å². The van der Waals surface area contributed by atoms with Crippen molar-refractivity contribution < 1.29 is 38.1 Å². The molecule has 0 bridgehead atoms. The lowest BCUT2D eigenvalue weighted by atomic mass is 9.86. The Morgan fingerprint density at radius 1 is 0.875 bits per heavy atom. The fraction of sp³-hybridized carbons (Fsp3) is 0.300. The molecule has 3 rings (SSSR count). The normalized spacial score (nSPS) is 11.9. The highest BCUT2D eigenvalue weighted by Gasteiger charge is 2.40. The van der Waals surface area contributed by atoms with Gasteiger partial charge < -0.3 is 29.0 Å². The van der Waals surface area contributed by atoms with Crippen LogP contribution in [-0.4, -0.2) is 57.9 Å². The van der Waals surface area contributed by atoms with Crippen molar-refractivity contribution >= 4 is 23.7 Å². The van der Waals surface area contributed by atoms with Gasteiger partial charge in [-0.3, -0.25) is 9.69 Å². The van der Waals surface area contributed by atoms with E-state index in [2.05, 4.69) is 5.32 Å². The van der Waals surface area contributed by atoms with Crippen LogP contribution in [0.25, 0.3) is 0 Å². The van der Waals surface area contributed by atoms with Gasteiger partial charge in [-0.25, -0.2) is 9.59 Å². The number of amides is 2. The van der Waals surface area contributed by atoms with Crippen LogP contribution in [0, 0.1) is 0 Å². The fourth-order valence-corrected chi connectivity index (χ4v) is 4.29. The second-order valence-corrected chi connectivity index (χ2v) is 8.87. The third-order valence-electron chi connectivity index (χ3n) is 6.53. The Morgan fingerprint density at radius 2 is 1.48 bits per heavy atom. The summed E-state index contributed by atoms with van der Waals surface area (Å²) in [6, 6.07) is 18.7. The minimum Gasteiger partial charge on any atom is -0.493 e. The molecule has 40 heavy (non-hydrogen) atoms. The Balaban J connectivity index is 1.88. The maximum Gasteiger partial charge on any atom is 0.415 e. The number of nitrogens with zero attached hydrogens (tertiary/aromatic N) is 1. The van der Waals surface area contributed by atoms with Crippen molar-refractivity contribution in [2.24, 2.45) is 0 Å². The predicted molar refractivity (Wildman–Crippen MR) is 149 cm³/mol. The molecular formula is C30H34N2O8. The van der Waals surface area contributed by atoms with Crippen molar-refractivity contribution in [1.82, 2.24) is 4.90 Å². The molecule has 212 valence electrons. The number of carbonyl (C=O) groups excluding carboxylic acids is 3. The van der Waals surface area contributed by atoms with Crippen molar-refractivity contribution in [3.63, 3.8) is 0 Å². The lowest BCUT2D eigenvalue weighted by Crippen LogP contribution is -2.51. The summed E-state index contributed by atoms with van der Waals surface area (Å²) in [6.07, 6.45) is -0.242. The number of carbonyl (C=O) groups is 3. The minimum absolute atomic E-state index is 0.157. The molecule has 0 heterocycles. The van der Waals surface area contributed by atoms with Gasteiger partial charge in [0.15, 0.2) is 11.5 Å². The van der Waals surface area contributed by atoms with E-state index in [4.69, 9.17) is 23.7 Å². The third kappa shape index (κ3) is 6.63. The first-order chi connectivity index (χ1) is 19.2. The Bertz CT molecular complexity index is 1300. The molecule has 3 aromatic carbocycles. The standard InChI is InChI=1S/C30H34N2O8/c1-7-30(22-11-9-8-10-12-22,32(3)29(35)40-24-15-13-23(14-16-24)31-20(2)33)19-39-28(34)21-17-25(36-4)27(38-6)26(18-21)37-5/h8-18H,7,19H2,1-6H3,(H,31,33)/t30-/m1/s1. The van der Waals surface area contributed by atoms with Gasteiger partial charge in [0.25, 0.3) is 0 Å². The maximum absolute atomic E-state index is 13.4. The van der Waals surface area contributed by atoms with Gasteiger partial charge in [0.1, 0.15) is 17.9 Å². The first kappa shape index (κ1) is 29.8. The largest absolute Gasteiger partial charge is 0.493 e. The van der Waals surface area contributed by atoms with E-state index in [9.17, 15) is 14.4 Å². The highest BCUT2D eigenvalue weighted by molar-refractivity contribution is 5.91. The molecule has 0 aliphatic rings. The number of likely N-dealkylation sites (N-methyl/N-ethyl adjacent to an activating group) is 1. The van der Waals surface area contributed by atoms with Crippen molar-refractivity contribution in [2.75, 3.05) is 40.3 Å². The first-order valence-electron chi connectivity index (χ1n) is 12.5. The molecule has 2 amide bonds. The molecule has 0 radical (unpaired) electrons. The van der Waals surface area contributed by atoms with E-state index in [-0.39, 0.29) is 18.1 Å². The van der Waals surface area contributed by atoms with Crippen LogP contribution in [0.4, 0.5) is 10.5 Å². The van der Waals surface area contributed by atoms with E-state index in [0.29, 0.717) is 35.1 Å². The van der Waals surface area contributed by atoms with Crippen LogP contribution in [0.15, 0.2) is 66.7 Å². The van der Waals surface area contributed by atoms with Crippen LogP contribution >= 0.6 is 0 Å². The second-order valence-electron chi connectivity index (χ2n) is 8.87. The predicted octanol–water partition coefficient (Wildman–Crippen LogP) is 5.26. The van der Waals surface area contributed by atoms with Crippen LogP contribution in [-0.2, 0) is 15.1 Å². The van der Waals surface area contributed by atoms with Gasteiger partial charge in [0, 0.05) is 19.7 Å². The number of rotatable bonds is 11. The summed E-state index contributed by atoms with van der Waals surface area (Å²) in [5, 5.41) is 2.66. The van der Waals surface area contributed by atoms with E-state index in [1.54, 1.807) is 31.3 Å². The summed E-state index contributed by atoms with van der Waals surface area (Å²) in [4.78, 5) is 39.3.